The van der Waals surface area contributed by atoms with Crippen LogP contribution in [-0.2, 0) is 0 Å². The fourth-order valence-electron chi connectivity index (χ4n) is 2.24. The van der Waals surface area contributed by atoms with Gasteiger partial charge in [0.1, 0.15) is 5.82 Å². The van der Waals surface area contributed by atoms with Crippen molar-refractivity contribution in [3.8, 4) is 0 Å². The first-order chi connectivity index (χ1) is 7.63. The molecule has 1 saturated heterocycles. The zero-order valence-electron chi connectivity index (χ0n) is 9.54. The molecule has 0 aliphatic carbocycles. The first-order valence-electron chi connectivity index (χ1n) is 5.56. The topological polar surface area (TPSA) is 41.3 Å². The fourth-order valence-corrected chi connectivity index (χ4v) is 2.24. The Labute approximate surface area is 95.4 Å². The van der Waals surface area contributed by atoms with Gasteiger partial charge in [-0.2, -0.15) is 0 Å². The van der Waals surface area contributed by atoms with Crippen LogP contribution in [0.15, 0.2) is 24.3 Å². The van der Waals surface area contributed by atoms with Crippen LogP contribution in [0.4, 0.5) is 10.1 Å². The molecule has 16 heavy (non-hydrogen) atoms. The van der Waals surface area contributed by atoms with Gasteiger partial charge in [0, 0.05) is 25.3 Å². The summed E-state index contributed by atoms with van der Waals surface area (Å²) in [6, 6.07) is 6.44. The van der Waals surface area contributed by atoms with E-state index < -0.39 is 0 Å². The normalized spacial score (nSPS) is 25.9. The molecule has 0 bridgehead atoms. The average molecular weight is 223 g/mol. The van der Waals surface area contributed by atoms with Crippen molar-refractivity contribution >= 4 is 5.69 Å². The van der Waals surface area contributed by atoms with Crippen LogP contribution in [-0.4, -0.2) is 37.1 Å². The molecule has 0 spiro atoms. The third-order valence-corrected chi connectivity index (χ3v) is 3.19. The van der Waals surface area contributed by atoms with E-state index in [-0.39, 0.29) is 11.4 Å². The Bertz CT molecular complexity index is 352. The van der Waals surface area contributed by atoms with Gasteiger partial charge in [0.2, 0.25) is 0 Å². The molecule has 1 unspecified atom stereocenters. The summed E-state index contributed by atoms with van der Waals surface area (Å²) in [5.41, 5.74) is 6.72. The van der Waals surface area contributed by atoms with Gasteiger partial charge in [-0.15, -0.1) is 0 Å². The van der Waals surface area contributed by atoms with Crippen molar-refractivity contribution < 1.29 is 4.39 Å². The largest absolute Gasteiger partial charge is 0.377 e. The number of hydrogen-bond acceptors (Lipinski definition) is 3. The highest BCUT2D eigenvalue weighted by Crippen LogP contribution is 2.24. The predicted octanol–water partition coefficient (Wildman–Crippen LogP) is 1.27. The second-order valence-corrected chi connectivity index (χ2v) is 4.60. The Morgan fingerprint density at radius 1 is 1.44 bits per heavy atom. The molecule has 1 aliphatic rings. The second kappa shape index (κ2) is 4.39. The number of anilines is 1. The highest BCUT2D eigenvalue weighted by Gasteiger charge is 2.35. The third-order valence-electron chi connectivity index (χ3n) is 3.19. The molecule has 3 nitrogen and oxygen atoms in total. The summed E-state index contributed by atoms with van der Waals surface area (Å²) in [6.45, 7) is 2.57. The van der Waals surface area contributed by atoms with Gasteiger partial charge in [-0.3, -0.25) is 0 Å². The van der Waals surface area contributed by atoms with Gasteiger partial charge in [-0.25, -0.2) is 4.39 Å². The van der Waals surface area contributed by atoms with Crippen molar-refractivity contribution in [2.75, 3.05) is 32.0 Å². The van der Waals surface area contributed by atoms with Crippen LogP contribution in [0.2, 0.25) is 0 Å². The predicted molar refractivity (Wildman–Crippen MR) is 63.9 cm³/mol. The first-order valence-corrected chi connectivity index (χ1v) is 5.56. The number of rotatable bonds is 3. The Balaban J connectivity index is 2.10. The molecule has 1 heterocycles. The maximum absolute atomic E-state index is 12.8. The average Bonchev–Trinajstić information content (AvgIpc) is 2.64. The van der Waals surface area contributed by atoms with Crippen LogP contribution in [0.25, 0.3) is 0 Å². The number of nitrogens with one attached hydrogen (secondary N) is 1. The summed E-state index contributed by atoms with van der Waals surface area (Å²) in [5.74, 6) is -0.212. The molecule has 1 atom stereocenters. The molecule has 1 aromatic rings. The van der Waals surface area contributed by atoms with Crippen molar-refractivity contribution in [3.63, 3.8) is 0 Å². The maximum Gasteiger partial charge on any atom is 0.123 e. The second-order valence-electron chi connectivity index (χ2n) is 4.60. The van der Waals surface area contributed by atoms with Crippen LogP contribution < -0.4 is 11.1 Å². The highest BCUT2D eigenvalue weighted by atomic mass is 19.1. The standard InChI is InChI=1S/C12H18FN3/c1-16-7-6-12(8-14,9-16)15-11-4-2-10(13)3-5-11/h2-5,15H,6-9,14H2,1H3. The molecular formula is C12H18FN3. The van der Waals surface area contributed by atoms with Gasteiger partial charge in [-0.05, 0) is 37.7 Å². The Hall–Kier alpha value is -1.13. The summed E-state index contributed by atoms with van der Waals surface area (Å²) >= 11 is 0. The fraction of sp³-hybridized carbons (Fsp3) is 0.500. The van der Waals surface area contributed by atoms with E-state index in [1.165, 1.54) is 12.1 Å². The Morgan fingerprint density at radius 3 is 2.62 bits per heavy atom. The van der Waals surface area contributed by atoms with Crippen molar-refractivity contribution in [1.29, 1.82) is 0 Å². The minimum absolute atomic E-state index is 0.0629. The number of likely N-dealkylation sites (tertiary alicyclic amines) is 1. The maximum atomic E-state index is 12.8. The van der Waals surface area contributed by atoms with Gasteiger partial charge >= 0.3 is 0 Å². The molecule has 1 aromatic carbocycles. The van der Waals surface area contributed by atoms with Gasteiger partial charge in [0.05, 0.1) is 5.54 Å². The summed E-state index contributed by atoms with van der Waals surface area (Å²) in [4.78, 5) is 2.25. The van der Waals surface area contributed by atoms with Crippen molar-refractivity contribution in [2.24, 2.45) is 5.73 Å². The molecule has 0 saturated carbocycles. The molecule has 0 aromatic heterocycles. The van der Waals surface area contributed by atoms with E-state index in [2.05, 4.69) is 17.3 Å². The van der Waals surface area contributed by atoms with E-state index in [4.69, 9.17) is 5.73 Å². The third kappa shape index (κ3) is 2.33. The molecule has 0 radical (unpaired) electrons. The number of nitrogens with zero attached hydrogens (tertiary/aromatic N) is 1. The molecule has 0 amide bonds. The minimum atomic E-state index is -0.212. The molecule has 3 N–H and O–H groups in total. The summed E-state index contributed by atoms with van der Waals surface area (Å²) in [7, 11) is 2.09. The Morgan fingerprint density at radius 2 is 2.12 bits per heavy atom. The van der Waals surface area contributed by atoms with Crippen LogP contribution in [0, 0.1) is 5.82 Å². The lowest BCUT2D eigenvalue weighted by Crippen LogP contribution is -2.47. The SMILES string of the molecule is CN1CCC(CN)(Nc2ccc(F)cc2)C1. The lowest BCUT2D eigenvalue weighted by molar-refractivity contribution is 0.385. The monoisotopic (exact) mass is 223 g/mol. The molecular weight excluding hydrogens is 205 g/mol. The van der Waals surface area contributed by atoms with E-state index in [0.717, 1.165) is 25.2 Å². The molecule has 88 valence electrons. The molecule has 4 heteroatoms. The van der Waals surface area contributed by atoms with E-state index in [0.29, 0.717) is 6.54 Å². The smallest absolute Gasteiger partial charge is 0.123 e. The van der Waals surface area contributed by atoms with Crippen LogP contribution in [0.3, 0.4) is 0 Å². The molecule has 1 aliphatic heterocycles. The number of benzene rings is 1. The lowest BCUT2D eigenvalue weighted by Gasteiger charge is -2.30. The number of hydrogen-bond donors (Lipinski definition) is 2. The van der Waals surface area contributed by atoms with Crippen molar-refractivity contribution in [1.82, 2.24) is 4.90 Å². The number of halogens is 1. The van der Waals surface area contributed by atoms with Gasteiger partial charge in [0.25, 0.3) is 0 Å². The van der Waals surface area contributed by atoms with Crippen LogP contribution in [0.5, 0.6) is 0 Å². The molecule has 1 fully saturated rings. The Kier molecular flexibility index (Phi) is 3.12. The number of nitrogens with two attached hydrogens (primary N) is 1. The van der Waals surface area contributed by atoms with Gasteiger partial charge in [0.15, 0.2) is 0 Å². The van der Waals surface area contributed by atoms with E-state index in [9.17, 15) is 4.39 Å². The summed E-state index contributed by atoms with van der Waals surface area (Å²) in [5, 5.41) is 3.43. The summed E-state index contributed by atoms with van der Waals surface area (Å²) in [6.07, 6.45) is 1.03. The van der Waals surface area contributed by atoms with E-state index in [1.807, 2.05) is 0 Å². The van der Waals surface area contributed by atoms with Crippen LogP contribution >= 0.6 is 0 Å². The van der Waals surface area contributed by atoms with E-state index >= 15 is 0 Å². The van der Waals surface area contributed by atoms with Crippen LogP contribution in [0.1, 0.15) is 6.42 Å². The first kappa shape index (κ1) is 11.4. The minimum Gasteiger partial charge on any atom is -0.377 e. The summed E-state index contributed by atoms with van der Waals surface area (Å²) < 4.78 is 12.8. The van der Waals surface area contributed by atoms with Crippen molar-refractivity contribution in [3.05, 3.63) is 30.1 Å². The van der Waals surface area contributed by atoms with Crippen molar-refractivity contribution in [2.45, 2.75) is 12.0 Å². The van der Waals surface area contributed by atoms with Gasteiger partial charge in [-0.1, -0.05) is 0 Å². The molecule has 2 rings (SSSR count). The zero-order valence-corrected chi connectivity index (χ0v) is 9.54. The van der Waals surface area contributed by atoms with Gasteiger partial charge < -0.3 is 16.0 Å². The quantitative estimate of drug-likeness (QED) is 0.811. The number of likely N-dealkylation sites (N-methyl/N-ethyl adjacent to an activating group) is 1. The zero-order chi connectivity index (χ0) is 11.6. The van der Waals surface area contributed by atoms with E-state index in [1.54, 1.807) is 12.1 Å². The highest BCUT2D eigenvalue weighted by molar-refractivity contribution is 5.46. The lowest BCUT2D eigenvalue weighted by atomic mass is 9.98.